The van der Waals surface area contributed by atoms with E-state index in [9.17, 15) is 9.59 Å². The van der Waals surface area contributed by atoms with Gasteiger partial charge in [0.05, 0.1) is 11.3 Å². The monoisotopic (exact) mass is 284 g/mol. The Morgan fingerprint density at radius 1 is 1.42 bits per heavy atom. The van der Waals surface area contributed by atoms with Gasteiger partial charge in [0.2, 0.25) is 0 Å². The second-order valence-electron chi connectivity index (χ2n) is 4.70. The fourth-order valence-electron chi connectivity index (χ4n) is 1.65. The van der Waals surface area contributed by atoms with Gasteiger partial charge in [0.1, 0.15) is 0 Å². The molecular weight excluding hydrogens is 268 g/mol. The molecule has 2 amide bonds. The number of anilines is 1. The third-order valence-electron chi connectivity index (χ3n) is 2.44. The van der Waals surface area contributed by atoms with Gasteiger partial charge in [-0.05, 0) is 24.1 Å². The van der Waals surface area contributed by atoms with Crippen molar-refractivity contribution < 1.29 is 14.7 Å². The van der Waals surface area contributed by atoms with Crippen molar-refractivity contribution in [1.29, 1.82) is 0 Å². The molecule has 0 saturated heterocycles. The van der Waals surface area contributed by atoms with Crippen molar-refractivity contribution in [2.24, 2.45) is 5.92 Å². The number of hydrogen-bond donors (Lipinski definition) is 2. The summed E-state index contributed by atoms with van der Waals surface area (Å²) in [7, 11) is 1.65. The first-order valence-corrected chi connectivity index (χ1v) is 6.24. The molecular formula is C13H17ClN2O3. The lowest BCUT2D eigenvalue weighted by Gasteiger charge is -2.20. The van der Waals surface area contributed by atoms with E-state index in [1.165, 1.54) is 23.1 Å². The molecule has 0 bridgehead atoms. The number of rotatable bonds is 4. The number of benzene rings is 1. The van der Waals surface area contributed by atoms with Gasteiger partial charge in [-0.2, -0.15) is 0 Å². The Labute approximate surface area is 117 Å². The van der Waals surface area contributed by atoms with Crippen LogP contribution in [0.15, 0.2) is 18.2 Å². The van der Waals surface area contributed by atoms with E-state index in [2.05, 4.69) is 5.32 Å². The van der Waals surface area contributed by atoms with Crippen LogP contribution in [-0.4, -0.2) is 35.6 Å². The van der Waals surface area contributed by atoms with Crippen LogP contribution < -0.4 is 5.32 Å². The number of nitrogens with zero attached hydrogens (tertiary/aromatic N) is 1. The van der Waals surface area contributed by atoms with E-state index in [1.807, 2.05) is 13.8 Å². The Bertz CT molecular complexity index is 489. The number of carbonyl (C=O) groups is 2. The first kappa shape index (κ1) is 15.3. The Morgan fingerprint density at radius 2 is 2.05 bits per heavy atom. The molecule has 104 valence electrons. The molecule has 0 unspecified atom stereocenters. The number of amides is 2. The van der Waals surface area contributed by atoms with E-state index in [1.54, 1.807) is 7.05 Å². The minimum atomic E-state index is -1.11. The van der Waals surface area contributed by atoms with Crippen molar-refractivity contribution in [2.45, 2.75) is 13.8 Å². The van der Waals surface area contributed by atoms with E-state index in [0.29, 0.717) is 17.5 Å². The third-order valence-corrected chi connectivity index (χ3v) is 2.67. The number of hydrogen-bond acceptors (Lipinski definition) is 2. The van der Waals surface area contributed by atoms with E-state index in [0.717, 1.165) is 0 Å². The van der Waals surface area contributed by atoms with Gasteiger partial charge in [-0.3, -0.25) is 0 Å². The van der Waals surface area contributed by atoms with E-state index < -0.39 is 5.97 Å². The largest absolute Gasteiger partial charge is 0.478 e. The van der Waals surface area contributed by atoms with Crippen LogP contribution in [-0.2, 0) is 0 Å². The van der Waals surface area contributed by atoms with Crippen LogP contribution >= 0.6 is 11.6 Å². The third kappa shape index (κ3) is 4.44. The second kappa shape index (κ2) is 6.43. The minimum absolute atomic E-state index is 0.00990. The maximum absolute atomic E-state index is 11.9. The Kier molecular flexibility index (Phi) is 5.18. The molecule has 0 fully saturated rings. The molecule has 0 radical (unpaired) electrons. The molecule has 0 saturated carbocycles. The zero-order chi connectivity index (χ0) is 14.6. The molecule has 6 heteroatoms. The molecule has 0 aliphatic carbocycles. The zero-order valence-corrected chi connectivity index (χ0v) is 11.9. The number of carboxylic acid groups (broad SMARTS) is 1. The summed E-state index contributed by atoms with van der Waals surface area (Å²) in [4.78, 5) is 24.5. The number of carbonyl (C=O) groups excluding carboxylic acids is 1. The van der Waals surface area contributed by atoms with Crippen molar-refractivity contribution >= 4 is 29.3 Å². The lowest BCUT2D eigenvalue weighted by atomic mass is 10.2. The normalized spacial score (nSPS) is 10.4. The molecule has 2 N–H and O–H groups in total. The van der Waals surface area contributed by atoms with Crippen LogP contribution in [0.25, 0.3) is 0 Å². The number of nitrogens with one attached hydrogen (secondary N) is 1. The van der Waals surface area contributed by atoms with Crippen LogP contribution in [0.2, 0.25) is 5.02 Å². The average Bonchev–Trinajstić information content (AvgIpc) is 2.27. The van der Waals surface area contributed by atoms with Crippen LogP contribution in [0.1, 0.15) is 24.2 Å². The van der Waals surface area contributed by atoms with Gasteiger partial charge >= 0.3 is 12.0 Å². The summed E-state index contributed by atoms with van der Waals surface area (Å²) in [5.41, 5.74) is 0.205. The van der Waals surface area contributed by atoms with Gasteiger partial charge in [-0.1, -0.05) is 25.4 Å². The molecule has 1 aromatic carbocycles. The van der Waals surface area contributed by atoms with Crippen LogP contribution in [0.3, 0.4) is 0 Å². The summed E-state index contributed by atoms with van der Waals surface area (Å²) >= 11 is 5.81. The Balaban J connectivity index is 2.89. The number of urea groups is 1. The summed E-state index contributed by atoms with van der Waals surface area (Å²) in [5, 5.41) is 12.0. The fraction of sp³-hybridized carbons (Fsp3) is 0.385. The molecule has 5 nitrogen and oxygen atoms in total. The summed E-state index contributed by atoms with van der Waals surface area (Å²) in [6, 6.07) is 3.89. The predicted octanol–water partition coefficient (Wildman–Crippen LogP) is 3.16. The van der Waals surface area contributed by atoms with E-state index in [-0.39, 0.29) is 17.3 Å². The van der Waals surface area contributed by atoms with Gasteiger partial charge in [-0.25, -0.2) is 9.59 Å². The summed E-state index contributed by atoms with van der Waals surface area (Å²) in [5.74, 6) is -0.785. The first-order valence-electron chi connectivity index (χ1n) is 5.86. The summed E-state index contributed by atoms with van der Waals surface area (Å²) < 4.78 is 0. The smallest absolute Gasteiger partial charge is 0.337 e. The highest BCUT2D eigenvalue weighted by Gasteiger charge is 2.15. The number of carboxylic acids is 1. The zero-order valence-electron chi connectivity index (χ0n) is 11.1. The molecule has 1 rings (SSSR count). The molecule has 19 heavy (non-hydrogen) atoms. The lowest BCUT2D eigenvalue weighted by molar-refractivity contribution is 0.0698. The van der Waals surface area contributed by atoms with Crippen molar-refractivity contribution in [2.75, 3.05) is 18.9 Å². The highest BCUT2D eigenvalue weighted by molar-refractivity contribution is 6.31. The predicted molar refractivity (Wildman–Crippen MR) is 74.9 cm³/mol. The number of aromatic carboxylic acids is 1. The minimum Gasteiger partial charge on any atom is -0.478 e. The average molecular weight is 285 g/mol. The molecule has 0 aromatic heterocycles. The van der Waals surface area contributed by atoms with E-state index in [4.69, 9.17) is 16.7 Å². The van der Waals surface area contributed by atoms with Gasteiger partial charge in [0.15, 0.2) is 0 Å². The number of halogens is 1. The quantitative estimate of drug-likeness (QED) is 0.892. The molecule has 0 aliphatic rings. The van der Waals surface area contributed by atoms with Crippen LogP contribution in [0.5, 0.6) is 0 Å². The first-order chi connectivity index (χ1) is 8.81. The standard InChI is InChI=1S/C13H17ClN2O3/c1-8(2)7-16(3)13(19)15-11-6-9(14)4-5-10(11)12(17)18/h4-6,8H,7H2,1-3H3,(H,15,19)(H,17,18). The molecule has 0 spiro atoms. The second-order valence-corrected chi connectivity index (χ2v) is 5.14. The Morgan fingerprint density at radius 3 is 2.58 bits per heavy atom. The van der Waals surface area contributed by atoms with Gasteiger partial charge in [0, 0.05) is 18.6 Å². The maximum atomic E-state index is 11.9. The summed E-state index contributed by atoms with van der Waals surface area (Å²) in [6.07, 6.45) is 0. The molecule has 0 heterocycles. The van der Waals surface area contributed by atoms with Gasteiger partial charge in [0.25, 0.3) is 0 Å². The molecule has 0 atom stereocenters. The van der Waals surface area contributed by atoms with Gasteiger partial charge in [-0.15, -0.1) is 0 Å². The van der Waals surface area contributed by atoms with Crippen molar-refractivity contribution in [3.05, 3.63) is 28.8 Å². The fourth-order valence-corrected chi connectivity index (χ4v) is 1.82. The summed E-state index contributed by atoms with van der Waals surface area (Å²) in [6.45, 7) is 4.56. The highest BCUT2D eigenvalue weighted by atomic mass is 35.5. The van der Waals surface area contributed by atoms with E-state index >= 15 is 0 Å². The van der Waals surface area contributed by atoms with Crippen LogP contribution in [0, 0.1) is 5.92 Å². The van der Waals surface area contributed by atoms with Crippen LogP contribution in [0.4, 0.5) is 10.5 Å². The Hall–Kier alpha value is -1.75. The van der Waals surface area contributed by atoms with Gasteiger partial charge < -0.3 is 15.3 Å². The molecule has 0 aliphatic heterocycles. The topological polar surface area (TPSA) is 69.6 Å². The van der Waals surface area contributed by atoms with Crippen molar-refractivity contribution in [1.82, 2.24) is 4.90 Å². The van der Waals surface area contributed by atoms with Crippen molar-refractivity contribution in [3.8, 4) is 0 Å². The maximum Gasteiger partial charge on any atom is 0.337 e. The SMILES string of the molecule is CC(C)CN(C)C(=O)Nc1cc(Cl)ccc1C(=O)O. The van der Waals surface area contributed by atoms with Crippen molar-refractivity contribution in [3.63, 3.8) is 0 Å². The lowest BCUT2D eigenvalue weighted by Crippen LogP contribution is -2.34. The highest BCUT2D eigenvalue weighted by Crippen LogP contribution is 2.21. The molecule has 1 aromatic rings.